The van der Waals surface area contributed by atoms with Crippen LogP contribution in [-0.2, 0) is 0 Å². The van der Waals surface area contributed by atoms with E-state index >= 15 is 0 Å². The SMILES string of the molecule is O=C(Nc1ccc2[nH]c(=O)sc2c1)c1ccccc1. The molecule has 0 saturated heterocycles. The fourth-order valence-electron chi connectivity index (χ4n) is 1.82. The van der Waals surface area contributed by atoms with Crippen LogP contribution in [0.3, 0.4) is 0 Å². The molecule has 19 heavy (non-hydrogen) atoms. The van der Waals surface area contributed by atoms with Crippen LogP contribution in [0.15, 0.2) is 53.3 Å². The molecule has 0 bridgehead atoms. The number of aromatic amines is 1. The summed E-state index contributed by atoms with van der Waals surface area (Å²) in [5.74, 6) is -0.164. The number of amides is 1. The maximum Gasteiger partial charge on any atom is 0.305 e. The average molecular weight is 270 g/mol. The fourth-order valence-corrected chi connectivity index (χ4v) is 2.59. The predicted molar refractivity (Wildman–Crippen MR) is 76.8 cm³/mol. The number of benzene rings is 2. The van der Waals surface area contributed by atoms with Crippen LogP contribution in [-0.4, -0.2) is 10.9 Å². The molecule has 2 aromatic carbocycles. The zero-order chi connectivity index (χ0) is 13.2. The Hall–Kier alpha value is -2.40. The van der Waals surface area contributed by atoms with Gasteiger partial charge in [0, 0.05) is 11.3 Å². The maximum absolute atomic E-state index is 12.0. The summed E-state index contributed by atoms with van der Waals surface area (Å²) >= 11 is 1.13. The first-order valence-corrected chi connectivity index (χ1v) is 6.53. The van der Waals surface area contributed by atoms with Crippen LogP contribution in [0.5, 0.6) is 0 Å². The van der Waals surface area contributed by atoms with Crippen molar-refractivity contribution in [2.45, 2.75) is 0 Å². The lowest BCUT2D eigenvalue weighted by Gasteiger charge is -2.04. The molecule has 0 radical (unpaired) electrons. The summed E-state index contributed by atoms with van der Waals surface area (Å²) in [5.41, 5.74) is 2.06. The molecular formula is C14H10N2O2S. The third-order valence-corrected chi connectivity index (χ3v) is 3.56. The molecule has 1 amide bonds. The van der Waals surface area contributed by atoms with Gasteiger partial charge >= 0.3 is 4.87 Å². The minimum atomic E-state index is -0.164. The summed E-state index contributed by atoms with van der Waals surface area (Å²) in [4.78, 5) is 25.8. The van der Waals surface area contributed by atoms with E-state index in [-0.39, 0.29) is 10.8 Å². The van der Waals surface area contributed by atoms with Crippen molar-refractivity contribution < 1.29 is 4.79 Å². The van der Waals surface area contributed by atoms with Crippen LogP contribution < -0.4 is 10.2 Å². The number of aromatic nitrogens is 1. The van der Waals surface area contributed by atoms with Gasteiger partial charge in [0.15, 0.2) is 0 Å². The Morgan fingerprint density at radius 3 is 2.68 bits per heavy atom. The Morgan fingerprint density at radius 1 is 1.11 bits per heavy atom. The highest BCUT2D eigenvalue weighted by atomic mass is 32.1. The number of fused-ring (bicyclic) bond motifs is 1. The third kappa shape index (κ3) is 2.41. The molecule has 0 atom stereocenters. The van der Waals surface area contributed by atoms with Crippen molar-refractivity contribution in [3.8, 4) is 0 Å². The first-order valence-electron chi connectivity index (χ1n) is 5.72. The van der Waals surface area contributed by atoms with Gasteiger partial charge in [-0.15, -0.1) is 0 Å². The van der Waals surface area contributed by atoms with Crippen molar-refractivity contribution >= 4 is 33.1 Å². The van der Waals surface area contributed by atoms with E-state index in [2.05, 4.69) is 10.3 Å². The summed E-state index contributed by atoms with van der Waals surface area (Å²) in [5, 5.41) is 2.81. The maximum atomic E-state index is 12.0. The third-order valence-electron chi connectivity index (χ3n) is 2.71. The van der Waals surface area contributed by atoms with Gasteiger partial charge in [-0.1, -0.05) is 29.5 Å². The number of carbonyl (C=O) groups excluding carboxylic acids is 1. The lowest BCUT2D eigenvalue weighted by molar-refractivity contribution is 0.102. The van der Waals surface area contributed by atoms with E-state index < -0.39 is 0 Å². The molecule has 5 heteroatoms. The molecule has 0 aliphatic heterocycles. The summed E-state index contributed by atoms with van der Waals surface area (Å²) in [6.45, 7) is 0. The van der Waals surface area contributed by atoms with Gasteiger partial charge in [-0.2, -0.15) is 0 Å². The quantitative estimate of drug-likeness (QED) is 0.752. The highest BCUT2D eigenvalue weighted by molar-refractivity contribution is 7.16. The van der Waals surface area contributed by atoms with Crippen molar-refractivity contribution in [2.75, 3.05) is 5.32 Å². The number of carbonyl (C=O) groups is 1. The van der Waals surface area contributed by atoms with Crippen molar-refractivity contribution in [3.63, 3.8) is 0 Å². The van der Waals surface area contributed by atoms with E-state index in [9.17, 15) is 9.59 Å². The van der Waals surface area contributed by atoms with Crippen molar-refractivity contribution in [2.24, 2.45) is 0 Å². The van der Waals surface area contributed by atoms with E-state index in [0.717, 1.165) is 21.6 Å². The summed E-state index contributed by atoms with van der Waals surface area (Å²) in [7, 11) is 0. The van der Waals surface area contributed by atoms with Gasteiger partial charge in [0.1, 0.15) is 0 Å². The molecule has 3 rings (SSSR count). The molecule has 3 aromatic rings. The van der Waals surface area contributed by atoms with Gasteiger partial charge in [-0.25, -0.2) is 0 Å². The molecule has 0 unspecified atom stereocenters. The fraction of sp³-hybridized carbons (Fsp3) is 0. The van der Waals surface area contributed by atoms with Crippen molar-refractivity contribution in [1.82, 2.24) is 4.98 Å². The van der Waals surface area contributed by atoms with Gasteiger partial charge in [-0.05, 0) is 30.3 Å². The molecule has 1 aromatic heterocycles. The van der Waals surface area contributed by atoms with E-state index in [1.165, 1.54) is 0 Å². The van der Waals surface area contributed by atoms with Gasteiger partial charge in [0.05, 0.1) is 10.2 Å². The Kier molecular flexibility index (Phi) is 2.89. The Balaban J connectivity index is 1.89. The highest BCUT2D eigenvalue weighted by Gasteiger charge is 2.06. The van der Waals surface area contributed by atoms with E-state index in [1.807, 2.05) is 18.2 Å². The van der Waals surface area contributed by atoms with E-state index in [0.29, 0.717) is 11.3 Å². The second-order valence-electron chi connectivity index (χ2n) is 4.05. The summed E-state index contributed by atoms with van der Waals surface area (Å²) in [6, 6.07) is 14.3. The Labute approximate surface area is 112 Å². The minimum Gasteiger partial charge on any atom is -0.322 e. The van der Waals surface area contributed by atoms with E-state index in [4.69, 9.17) is 0 Å². The number of anilines is 1. The Bertz CT molecular complexity index is 790. The lowest BCUT2D eigenvalue weighted by atomic mass is 10.2. The van der Waals surface area contributed by atoms with Gasteiger partial charge in [-0.3, -0.25) is 9.59 Å². The summed E-state index contributed by atoms with van der Waals surface area (Å²) < 4.78 is 0.830. The van der Waals surface area contributed by atoms with Crippen molar-refractivity contribution in [3.05, 3.63) is 63.8 Å². The van der Waals surface area contributed by atoms with Crippen LogP contribution in [0.4, 0.5) is 5.69 Å². The first-order chi connectivity index (χ1) is 9.22. The minimum absolute atomic E-state index is 0.0958. The van der Waals surface area contributed by atoms with Crippen LogP contribution in [0, 0.1) is 0 Å². The second kappa shape index (κ2) is 4.70. The number of H-pyrrole nitrogens is 1. The van der Waals surface area contributed by atoms with E-state index in [1.54, 1.807) is 30.3 Å². The van der Waals surface area contributed by atoms with Crippen LogP contribution in [0.25, 0.3) is 10.2 Å². The normalized spacial score (nSPS) is 10.5. The van der Waals surface area contributed by atoms with Crippen molar-refractivity contribution in [1.29, 1.82) is 0 Å². The summed E-state index contributed by atoms with van der Waals surface area (Å²) in [6.07, 6.45) is 0. The number of nitrogens with one attached hydrogen (secondary N) is 2. The molecule has 2 N–H and O–H groups in total. The molecule has 0 fully saturated rings. The zero-order valence-corrected chi connectivity index (χ0v) is 10.7. The standard InChI is InChI=1S/C14H10N2O2S/c17-13(9-4-2-1-3-5-9)15-10-6-7-11-12(8-10)19-14(18)16-11/h1-8H,(H,15,17)(H,16,18). The van der Waals surface area contributed by atoms with Gasteiger partial charge in [0.25, 0.3) is 5.91 Å². The number of rotatable bonds is 2. The number of hydrogen-bond donors (Lipinski definition) is 2. The van der Waals surface area contributed by atoms with Crippen LogP contribution in [0.2, 0.25) is 0 Å². The van der Waals surface area contributed by atoms with Crippen LogP contribution in [0.1, 0.15) is 10.4 Å². The topological polar surface area (TPSA) is 62.0 Å². The average Bonchev–Trinajstić information content (AvgIpc) is 2.79. The monoisotopic (exact) mass is 270 g/mol. The zero-order valence-electron chi connectivity index (χ0n) is 9.84. The molecule has 0 aliphatic rings. The van der Waals surface area contributed by atoms with Crippen LogP contribution >= 0.6 is 11.3 Å². The second-order valence-corrected chi connectivity index (χ2v) is 5.06. The van der Waals surface area contributed by atoms with Gasteiger partial charge in [0.2, 0.25) is 0 Å². The molecule has 4 nitrogen and oxygen atoms in total. The number of thiazole rings is 1. The molecular weight excluding hydrogens is 260 g/mol. The molecule has 0 saturated carbocycles. The molecule has 1 heterocycles. The van der Waals surface area contributed by atoms with Gasteiger partial charge < -0.3 is 10.3 Å². The first kappa shape index (κ1) is 11.7. The molecule has 0 aliphatic carbocycles. The number of hydrogen-bond acceptors (Lipinski definition) is 3. The molecule has 94 valence electrons. The predicted octanol–water partition coefficient (Wildman–Crippen LogP) is 2.84. The molecule has 0 spiro atoms. The smallest absolute Gasteiger partial charge is 0.305 e. The largest absolute Gasteiger partial charge is 0.322 e. The highest BCUT2D eigenvalue weighted by Crippen LogP contribution is 2.20. The lowest BCUT2D eigenvalue weighted by Crippen LogP contribution is -2.11. The Morgan fingerprint density at radius 2 is 1.89 bits per heavy atom.